The number of nitrogens with one attached hydrogen (secondary N) is 2. The predicted octanol–water partition coefficient (Wildman–Crippen LogP) is 2.42. The van der Waals surface area contributed by atoms with E-state index in [1.165, 1.54) is 12.3 Å². The number of carbonyl (C=O) groups is 1. The highest BCUT2D eigenvalue weighted by molar-refractivity contribution is 6.04. The Balaban J connectivity index is 2.20. The van der Waals surface area contributed by atoms with Gasteiger partial charge in [0.1, 0.15) is 11.6 Å². The van der Waals surface area contributed by atoms with Crippen molar-refractivity contribution in [3.63, 3.8) is 0 Å². The average molecular weight is 290 g/mol. The summed E-state index contributed by atoms with van der Waals surface area (Å²) in [5, 5.41) is 15.8. The Labute approximate surface area is 119 Å². The number of carbonyl (C=O) groups excluding carboxylic acids is 1. The third kappa shape index (κ3) is 3.50. The second-order valence-corrected chi connectivity index (χ2v) is 4.09. The molecule has 0 fully saturated rings. The molecule has 1 amide bonds. The number of nitro benzene ring substituents is 1. The normalized spacial score (nSPS) is 10.0. The zero-order valence-corrected chi connectivity index (χ0v) is 11.0. The van der Waals surface area contributed by atoms with Gasteiger partial charge in [-0.3, -0.25) is 14.9 Å². The Bertz CT molecular complexity index is 688. The van der Waals surface area contributed by atoms with E-state index in [1.807, 2.05) is 0 Å². The van der Waals surface area contributed by atoms with Crippen LogP contribution in [0.4, 0.5) is 21.6 Å². The van der Waals surface area contributed by atoms with Gasteiger partial charge in [-0.2, -0.15) is 0 Å². The summed E-state index contributed by atoms with van der Waals surface area (Å²) in [7, 11) is 1.69. The van der Waals surface area contributed by atoms with Crippen molar-refractivity contribution in [2.75, 3.05) is 17.7 Å². The van der Waals surface area contributed by atoms with Crippen molar-refractivity contribution in [2.24, 2.45) is 0 Å². The number of nitro groups is 1. The predicted molar refractivity (Wildman–Crippen MR) is 74.8 cm³/mol. The van der Waals surface area contributed by atoms with E-state index in [-0.39, 0.29) is 11.3 Å². The molecule has 0 bridgehead atoms. The molecule has 0 aliphatic rings. The van der Waals surface area contributed by atoms with Crippen LogP contribution in [0.3, 0.4) is 0 Å². The maximum atomic E-state index is 13.3. The zero-order valence-electron chi connectivity index (χ0n) is 11.0. The Kier molecular flexibility index (Phi) is 4.07. The molecule has 1 heterocycles. The van der Waals surface area contributed by atoms with E-state index >= 15 is 0 Å². The van der Waals surface area contributed by atoms with Gasteiger partial charge in [0.25, 0.3) is 11.6 Å². The third-order valence-corrected chi connectivity index (χ3v) is 2.63. The molecule has 108 valence electrons. The molecular weight excluding hydrogens is 279 g/mol. The van der Waals surface area contributed by atoms with Crippen LogP contribution < -0.4 is 10.6 Å². The summed E-state index contributed by atoms with van der Waals surface area (Å²) in [6.07, 6.45) is 1.34. The van der Waals surface area contributed by atoms with Crippen molar-refractivity contribution in [1.82, 2.24) is 4.98 Å². The number of aromatic nitrogens is 1. The number of rotatable bonds is 4. The van der Waals surface area contributed by atoms with Crippen molar-refractivity contribution in [2.45, 2.75) is 0 Å². The van der Waals surface area contributed by atoms with Gasteiger partial charge >= 0.3 is 0 Å². The van der Waals surface area contributed by atoms with E-state index in [2.05, 4.69) is 15.6 Å². The highest BCUT2D eigenvalue weighted by atomic mass is 19.1. The molecular formula is C13H11FN4O3. The highest BCUT2D eigenvalue weighted by Gasteiger charge is 2.13. The van der Waals surface area contributed by atoms with Gasteiger partial charge in [0.2, 0.25) is 0 Å². The van der Waals surface area contributed by atoms with E-state index in [0.717, 1.165) is 18.2 Å². The van der Waals surface area contributed by atoms with Crippen LogP contribution in [0.25, 0.3) is 0 Å². The molecule has 0 aliphatic heterocycles. The van der Waals surface area contributed by atoms with Gasteiger partial charge < -0.3 is 10.6 Å². The van der Waals surface area contributed by atoms with Crippen LogP contribution in [-0.2, 0) is 0 Å². The van der Waals surface area contributed by atoms with Crippen LogP contribution in [0.15, 0.2) is 36.5 Å². The van der Waals surface area contributed by atoms with Crippen molar-refractivity contribution in [3.8, 4) is 0 Å². The summed E-state index contributed by atoms with van der Waals surface area (Å²) >= 11 is 0. The molecule has 2 aromatic rings. The van der Waals surface area contributed by atoms with Crippen molar-refractivity contribution in [3.05, 3.63) is 58.0 Å². The van der Waals surface area contributed by atoms with Gasteiger partial charge in [0.15, 0.2) is 0 Å². The molecule has 7 nitrogen and oxygen atoms in total. The first-order valence-electron chi connectivity index (χ1n) is 5.90. The molecule has 1 aromatic carbocycles. The second-order valence-electron chi connectivity index (χ2n) is 4.09. The van der Waals surface area contributed by atoms with Gasteiger partial charge in [-0.15, -0.1) is 0 Å². The Hall–Kier alpha value is -3.03. The zero-order chi connectivity index (χ0) is 15.4. The second kappa shape index (κ2) is 5.95. The van der Waals surface area contributed by atoms with Crippen LogP contribution in [0.1, 0.15) is 10.4 Å². The van der Waals surface area contributed by atoms with Gasteiger partial charge in [-0.1, -0.05) is 0 Å². The van der Waals surface area contributed by atoms with Gasteiger partial charge in [0.05, 0.1) is 22.2 Å². The van der Waals surface area contributed by atoms with E-state index in [1.54, 1.807) is 13.1 Å². The number of nitrogens with zero attached hydrogens (tertiary/aromatic N) is 2. The molecule has 0 atom stereocenters. The lowest BCUT2D eigenvalue weighted by Gasteiger charge is -2.06. The van der Waals surface area contributed by atoms with E-state index in [0.29, 0.717) is 5.82 Å². The molecule has 0 spiro atoms. The number of hydrogen-bond donors (Lipinski definition) is 2. The Morgan fingerprint density at radius 1 is 1.33 bits per heavy atom. The first kappa shape index (κ1) is 14.4. The van der Waals surface area contributed by atoms with Crippen LogP contribution in [0, 0.1) is 15.9 Å². The number of halogens is 1. The first-order chi connectivity index (χ1) is 9.99. The van der Waals surface area contributed by atoms with Crippen molar-refractivity contribution in [1.29, 1.82) is 0 Å². The lowest BCUT2D eigenvalue weighted by molar-refractivity contribution is -0.385. The van der Waals surface area contributed by atoms with Crippen molar-refractivity contribution >= 4 is 23.1 Å². The number of amides is 1. The average Bonchev–Trinajstić information content (AvgIpc) is 2.46. The summed E-state index contributed by atoms with van der Waals surface area (Å²) in [4.78, 5) is 25.8. The maximum Gasteiger partial charge on any atom is 0.274 e. The monoisotopic (exact) mass is 290 g/mol. The summed E-state index contributed by atoms with van der Waals surface area (Å²) in [5.74, 6) is -0.749. The largest absolute Gasteiger partial charge is 0.373 e. The molecule has 0 radical (unpaired) electrons. The summed E-state index contributed by atoms with van der Waals surface area (Å²) in [6.45, 7) is 0. The van der Waals surface area contributed by atoms with Crippen LogP contribution in [-0.4, -0.2) is 22.9 Å². The minimum absolute atomic E-state index is 0.00407. The van der Waals surface area contributed by atoms with E-state index < -0.39 is 22.3 Å². The molecule has 8 heteroatoms. The quantitative estimate of drug-likeness (QED) is 0.665. The standard InChI is InChI=1S/C13H11FN4O3/c1-15-12-3-2-8(7-16-12)13(19)17-10-4-9(14)5-11(6-10)18(20)21/h2-7H,1H3,(H,15,16)(H,17,19). The fraction of sp³-hybridized carbons (Fsp3) is 0.0769. The SMILES string of the molecule is CNc1ccc(C(=O)Nc2cc(F)cc([N+](=O)[O-])c2)cn1. The fourth-order valence-corrected chi connectivity index (χ4v) is 1.63. The van der Waals surface area contributed by atoms with Gasteiger partial charge in [0, 0.05) is 19.3 Å². The number of benzene rings is 1. The molecule has 2 rings (SSSR count). The smallest absolute Gasteiger partial charge is 0.274 e. The van der Waals surface area contributed by atoms with Gasteiger partial charge in [-0.05, 0) is 18.2 Å². The first-order valence-corrected chi connectivity index (χ1v) is 5.90. The van der Waals surface area contributed by atoms with Crippen LogP contribution >= 0.6 is 0 Å². The molecule has 0 unspecified atom stereocenters. The molecule has 2 N–H and O–H groups in total. The summed E-state index contributed by atoms with van der Waals surface area (Å²) in [6, 6.07) is 5.99. The number of hydrogen-bond acceptors (Lipinski definition) is 5. The Morgan fingerprint density at radius 2 is 2.10 bits per heavy atom. The summed E-state index contributed by atoms with van der Waals surface area (Å²) < 4.78 is 13.3. The minimum Gasteiger partial charge on any atom is -0.373 e. The molecule has 0 saturated heterocycles. The molecule has 0 aliphatic carbocycles. The lowest BCUT2D eigenvalue weighted by Crippen LogP contribution is -2.12. The minimum atomic E-state index is -0.803. The van der Waals surface area contributed by atoms with Gasteiger partial charge in [-0.25, -0.2) is 9.37 Å². The molecule has 0 saturated carbocycles. The third-order valence-electron chi connectivity index (χ3n) is 2.63. The van der Waals surface area contributed by atoms with Crippen LogP contribution in [0.2, 0.25) is 0 Å². The highest BCUT2D eigenvalue weighted by Crippen LogP contribution is 2.20. The molecule has 21 heavy (non-hydrogen) atoms. The van der Waals surface area contributed by atoms with E-state index in [9.17, 15) is 19.3 Å². The molecule has 1 aromatic heterocycles. The van der Waals surface area contributed by atoms with Crippen LogP contribution in [0.5, 0.6) is 0 Å². The van der Waals surface area contributed by atoms with Crippen molar-refractivity contribution < 1.29 is 14.1 Å². The number of pyridine rings is 1. The maximum absolute atomic E-state index is 13.3. The number of non-ortho nitro benzene ring substituents is 1. The lowest BCUT2D eigenvalue weighted by atomic mass is 10.2. The van der Waals surface area contributed by atoms with E-state index in [4.69, 9.17) is 0 Å². The Morgan fingerprint density at radius 3 is 2.67 bits per heavy atom. The summed E-state index contributed by atoms with van der Waals surface area (Å²) in [5.41, 5.74) is -0.181. The number of anilines is 2. The topological polar surface area (TPSA) is 97.2 Å². The fourth-order valence-electron chi connectivity index (χ4n) is 1.63.